The van der Waals surface area contributed by atoms with Gasteiger partial charge in [0.15, 0.2) is 0 Å². The van der Waals surface area contributed by atoms with Gasteiger partial charge in [-0.15, -0.1) is 0 Å². The lowest BCUT2D eigenvalue weighted by molar-refractivity contribution is -0.0182. The van der Waals surface area contributed by atoms with Gasteiger partial charge in [-0.2, -0.15) is 0 Å². The maximum absolute atomic E-state index is 5.75. The van der Waals surface area contributed by atoms with Gasteiger partial charge in [-0.05, 0) is 32.6 Å². The molecule has 1 N–H and O–H groups in total. The van der Waals surface area contributed by atoms with Crippen LogP contribution < -0.4 is 5.32 Å². The van der Waals surface area contributed by atoms with Crippen LogP contribution in [0.15, 0.2) is 0 Å². The summed E-state index contributed by atoms with van der Waals surface area (Å²) < 4.78 is 11.1. The normalized spacial score (nSPS) is 22.2. The molecule has 1 heterocycles. The Hall–Kier alpha value is -0.120. The summed E-state index contributed by atoms with van der Waals surface area (Å²) in [5.41, 5.74) is 0.0259. The van der Waals surface area contributed by atoms with Crippen molar-refractivity contribution in [3.05, 3.63) is 0 Å². The van der Waals surface area contributed by atoms with E-state index in [-0.39, 0.29) is 5.60 Å². The Bertz CT molecular complexity index is 165. The van der Waals surface area contributed by atoms with Crippen LogP contribution in [0.1, 0.15) is 33.6 Å². The molecule has 1 saturated heterocycles. The Kier molecular flexibility index (Phi) is 5.58. The third kappa shape index (κ3) is 5.50. The fourth-order valence-corrected chi connectivity index (χ4v) is 1.55. The van der Waals surface area contributed by atoms with E-state index in [2.05, 4.69) is 26.1 Å². The van der Waals surface area contributed by atoms with Gasteiger partial charge in [0.05, 0.1) is 18.8 Å². The van der Waals surface area contributed by atoms with Crippen LogP contribution in [0.2, 0.25) is 0 Å². The summed E-state index contributed by atoms with van der Waals surface area (Å²) >= 11 is 0. The van der Waals surface area contributed by atoms with Gasteiger partial charge in [0.2, 0.25) is 0 Å². The van der Waals surface area contributed by atoms with Crippen LogP contribution in [0.5, 0.6) is 0 Å². The molecule has 3 nitrogen and oxygen atoms in total. The summed E-state index contributed by atoms with van der Waals surface area (Å²) in [5, 5.41) is 3.42. The van der Waals surface area contributed by atoms with Gasteiger partial charge in [0.25, 0.3) is 0 Å². The first-order chi connectivity index (χ1) is 7.14. The Morgan fingerprint density at radius 1 is 1.47 bits per heavy atom. The fourth-order valence-electron chi connectivity index (χ4n) is 1.55. The molecule has 0 aromatic carbocycles. The molecule has 0 saturated carbocycles. The predicted octanol–water partition coefficient (Wildman–Crippen LogP) is 1.82. The quantitative estimate of drug-likeness (QED) is 0.657. The molecule has 0 aliphatic carbocycles. The second-order valence-corrected chi connectivity index (χ2v) is 4.90. The van der Waals surface area contributed by atoms with E-state index in [1.807, 2.05) is 0 Å². The molecule has 0 aromatic rings. The van der Waals surface area contributed by atoms with Crippen LogP contribution in [0.25, 0.3) is 0 Å². The van der Waals surface area contributed by atoms with Gasteiger partial charge in [0.1, 0.15) is 0 Å². The minimum atomic E-state index is 0.0259. The average Bonchev–Trinajstić information content (AvgIpc) is 2.70. The minimum Gasteiger partial charge on any atom is -0.381 e. The fraction of sp³-hybridized carbons (Fsp3) is 1.00. The van der Waals surface area contributed by atoms with E-state index >= 15 is 0 Å². The van der Waals surface area contributed by atoms with Gasteiger partial charge >= 0.3 is 0 Å². The summed E-state index contributed by atoms with van der Waals surface area (Å²) in [6.45, 7) is 11.1. The topological polar surface area (TPSA) is 30.5 Å². The first-order valence-electron chi connectivity index (χ1n) is 6.06. The molecule has 0 radical (unpaired) electrons. The van der Waals surface area contributed by atoms with Crippen LogP contribution in [0.4, 0.5) is 0 Å². The molecule has 1 aliphatic heterocycles. The summed E-state index contributed by atoms with van der Waals surface area (Å²) in [7, 11) is 0. The van der Waals surface area contributed by atoms with Gasteiger partial charge in [-0.3, -0.25) is 0 Å². The molecule has 0 bridgehead atoms. The third-order valence-electron chi connectivity index (χ3n) is 3.08. The van der Waals surface area contributed by atoms with E-state index in [1.54, 1.807) is 0 Å². The van der Waals surface area contributed by atoms with Gasteiger partial charge in [-0.1, -0.05) is 6.92 Å². The molecule has 1 aliphatic rings. The van der Waals surface area contributed by atoms with Crippen molar-refractivity contribution in [1.29, 1.82) is 0 Å². The zero-order valence-electron chi connectivity index (χ0n) is 10.3. The number of nitrogens with one attached hydrogen (secondary N) is 1. The summed E-state index contributed by atoms with van der Waals surface area (Å²) in [4.78, 5) is 0. The standard InChI is InChI=1S/C12H25NO2/c1-4-12(2,3)15-8-6-13-9-11-5-7-14-10-11/h11,13H,4-10H2,1-3H3. The van der Waals surface area contributed by atoms with Gasteiger partial charge in [-0.25, -0.2) is 0 Å². The Morgan fingerprint density at radius 2 is 2.27 bits per heavy atom. The molecule has 0 amide bonds. The predicted molar refractivity (Wildman–Crippen MR) is 62.1 cm³/mol. The zero-order chi connectivity index (χ0) is 11.1. The van der Waals surface area contributed by atoms with Gasteiger partial charge < -0.3 is 14.8 Å². The number of hydrogen-bond acceptors (Lipinski definition) is 3. The Morgan fingerprint density at radius 3 is 2.87 bits per heavy atom. The summed E-state index contributed by atoms with van der Waals surface area (Å²) in [6.07, 6.45) is 2.26. The minimum absolute atomic E-state index is 0.0259. The van der Waals surface area contributed by atoms with Crippen molar-refractivity contribution in [2.45, 2.75) is 39.2 Å². The summed E-state index contributed by atoms with van der Waals surface area (Å²) in [6, 6.07) is 0. The highest BCUT2D eigenvalue weighted by atomic mass is 16.5. The Balaban J connectivity index is 1.92. The number of ether oxygens (including phenoxy) is 2. The van der Waals surface area contributed by atoms with Crippen LogP contribution in [0, 0.1) is 5.92 Å². The molecule has 15 heavy (non-hydrogen) atoms. The number of hydrogen-bond donors (Lipinski definition) is 1. The van der Waals surface area contributed by atoms with Gasteiger partial charge in [0, 0.05) is 19.7 Å². The zero-order valence-corrected chi connectivity index (χ0v) is 10.3. The highest BCUT2D eigenvalue weighted by molar-refractivity contribution is 4.68. The molecular formula is C12H25NO2. The van der Waals surface area contributed by atoms with E-state index in [4.69, 9.17) is 9.47 Å². The molecular weight excluding hydrogens is 190 g/mol. The maximum Gasteiger partial charge on any atom is 0.0624 e. The van der Waals surface area contributed by atoms with Crippen LogP contribution in [0.3, 0.4) is 0 Å². The number of rotatable bonds is 7. The van der Waals surface area contributed by atoms with Crippen LogP contribution in [-0.2, 0) is 9.47 Å². The molecule has 1 rings (SSSR count). The van der Waals surface area contributed by atoms with E-state index < -0.39 is 0 Å². The van der Waals surface area contributed by atoms with E-state index in [0.717, 1.165) is 39.3 Å². The van der Waals surface area contributed by atoms with E-state index in [0.29, 0.717) is 5.92 Å². The lowest BCUT2D eigenvalue weighted by atomic mass is 10.1. The second kappa shape index (κ2) is 6.46. The highest BCUT2D eigenvalue weighted by Gasteiger charge is 2.16. The molecule has 0 aromatic heterocycles. The average molecular weight is 215 g/mol. The molecule has 3 heteroatoms. The largest absolute Gasteiger partial charge is 0.381 e. The van der Waals surface area contributed by atoms with E-state index in [1.165, 1.54) is 6.42 Å². The maximum atomic E-state index is 5.75. The van der Waals surface area contributed by atoms with Crippen molar-refractivity contribution in [3.63, 3.8) is 0 Å². The first kappa shape index (κ1) is 12.9. The van der Waals surface area contributed by atoms with Crippen molar-refractivity contribution in [3.8, 4) is 0 Å². The van der Waals surface area contributed by atoms with Crippen molar-refractivity contribution in [1.82, 2.24) is 5.32 Å². The third-order valence-corrected chi connectivity index (χ3v) is 3.08. The molecule has 1 unspecified atom stereocenters. The van der Waals surface area contributed by atoms with Crippen molar-refractivity contribution < 1.29 is 9.47 Å². The Labute approximate surface area is 93.5 Å². The summed E-state index contributed by atoms with van der Waals surface area (Å²) in [5.74, 6) is 0.712. The lowest BCUT2D eigenvalue weighted by Crippen LogP contribution is -2.31. The molecule has 0 spiro atoms. The smallest absolute Gasteiger partial charge is 0.0624 e. The monoisotopic (exact) mass is 215 g/mol. The van der Waals surface area contributed by atoms with Crippen molar-refractivity contribution in [2.24, 2.45) is 5.92 Å². The molecule has 90 valence electrons. The molecule has 1 atom stereocenters. The first-order valence-corrected chi connectivity index (χ1v) is 6.06. The lowest BCUT2D eigenvalue weighted by Gasteiger charge is -2.23. The van der Waals surface area contributed by atoms with E-state index in [9.17, 15) is 0 Å². The SMILES string of the molecule is CCC(C)(C)OCCNCC1CCOC1. The second-order valence-electron chi connectivity index (χ2n) is 4.90. The van der Waals surface area contributed by atoms with Crippen molar-refractivity contribution in [2.75, 3.05) is 32.9 Å². The van der Waals surface area contributed by atoms with Crippen LogP contribution >= 0.6 is 0 Å². The van der Waals surface area contributed by atoms with Crippen molar-refractivity contribution >= 4 is 0 Å². The molecule has 1 fully saturated rings. The highest BCUT2D eigenvalue weighted by Crippen LogP contribution is 2.13. The van der Waals surface area contributed by atoms with Crippen LogP contribution in [-0.4, -0.2) is 38.5 Å².